The zero-order valence-electron chi connectivity index (χ0n) is 20.8. The van der Waals surface area contributed by atoms with E-state index >= 15 is 0 Å². The van der Waals surface area contributed by atoms with Crippen LogP contribution in [0.1, 0.15) is 40.0 Å². The summed E-state index contributed by atoms with van der Waals surface area (Å²) in [6.07, 6.45) is -3.61. The molecule has 2 aromatic heterocycles. The number of Topliss-reactive ketones (excluding diaryl/α,β-unsaturated/α-hetero) is 1. The fraction of sp³-hybridized carbons (Fsp3) is 0.143. The number of pyridine rings is 1. The van der Waals surface area contributed by atoms with Crippen molar-refractivity contribution in [1.29, 1.82) is 5.41 Å². The summed E-state index contributed by atoms with van der Waals surface area (Å²) >= 11 is 0. The summed E-state index contributed by atoms with van der Waals surface area (Å²) in [5.41, 5.74) is 0.0650. The molecular formula is C28H21F3N4O5. The van der Waals surface area contributed by atoms with Crippen LogP contribution < -0.4 is 5.32 Å². The maximum Gasteiger partial charge on any atom is 0.452 e. The van der Waals surface area contributed by atoms with E-state index in [1.807, 2.05) is 0 Å². The minimum atomic E-state index is -4.95. The van der Waals surface area contributed by atoms with Crippen molar-refractivity contribution < 1.29 is 37.1 Å². The maximum absolute atomic E-state index is 13.5. The van der Waals surface area contributed by atoms with Crippen LogP contribution in [-0.4, -0.2) is 38.4 Å². The smallest absolute Gasteiger partial charge is 0.452 e. The minimum absolute atomic E-state index is 0.102. The Bertz CT molecular complexity index is 1560. The number of aromatic nitrogens is 2. The monoisotopic (exact) mass is 550 g/mol. The zero-order chi connectivity index (χ0) is 29.0. The lowest BCUT2D eigenvalue weighted by Crippen LogP contribution is -2.29. The van der Waals surface area contributed by atoms with Crippen molar-refractivity contribution >= 4 is 29.1 Å². The highest BCUT2D eigenvalue weighted by molar-refractivity contribution is 6.47. The average Bonchev–Trinajstić information content (AvgIpc) is 3.41. The number of ketones is 1. The van der Waals surface area contributed by atoms with Gasteiger partial charge in [-0.2, -0.15) is 13.2 Å². The lowest BCUT2D eigenvalue weighted by atomic mass is 9.93. The Labute approximate surface area is 225 Å². The van der Waals surface area contributed by atoms with Crippen molar-refractivity contribution in [3.05, 3.63) is 89.9 Å². The van der Waals surface area contributed by atoms with Crippen LogP contribution in [0.25, 0.3) is 22.7 Å². The van der Waals surface area contributed by atoms with E-state index in [-0.39, 0.29) is 29.1 Å². The second kappa shape index (κ2) is 11.3. The fourth-order valence-electron chi connectivity index (χ4n) is 3.81. The molecule has 204 valence electrons. The molecule has 4 rings (SSSR count). The van der Waals surface area contributed by atoms with Gasteiger partial charge in [-0.05, 0) is 30.7 Å². The van der Waals surface area contributed by atoms with Gasteiger partial charge < -0.3 is 20.2 Å². The second-order valence-electron chi connectivity index (χ2n) is 8.57. The standard InChI is InChI=1S/C28H21F3N4O5/c1-2-19(27(38)39)21(32)23(36)16-10-8-15(9-11-16)20-13-12-18(14-33-20)34-25(37)22-24(28(29,30)31)40-26(35-22)17-6-4-3-5-7-17/h3-14,19,32H,2H2,1H3,(H,34,37)(H,38,39)/t19-/m1/s1. The number of rotatable bonds is 9. The van der Waals surface area contributed by atoms with E-state index in [2.05, 4.69) is 15.3 Å². The Kier molecular flexibility index (Phi) is 7.89. The van der Waals surface area contributed by atoms with Gasteiger partial charge in [0.1, 0.15) is 5.92 Å². The third-order valence-electron chi connectivity index (χ3n) is 5.88. The second-order valence-corrected chi connectivity index (χ2v) is 8.57. The number of amides is 1. The number of nitrogens with zero attached hydrogens (tertiary/aromatic N) is 2. The fourth-order valence-corrected chi connectivity index (χ4v) is 3.81. The highest BCUT2D eigenvalue weighted by Crippen LogP contribution is 2.35. The van der Waals surface area contributed by atoms with Gasteiger partial charge in [0.05, 0.1) is 23.3 Å². The number of anilines is 1. The summed E-state index contributed by atoms with van der Waals surface area (Å²) in [7, 11) is 0. The van der Waals surface area contributed by atoms with Gasteiger partial charge in [0, 0.05) is 16.7 Å². The molecule has 0 radical (unpaired) electrons. The molecule has 0 spiro atoms. The quantitative estimate of drug-likeness (QED) is 0.171. The van der Waals surface area contributed by atoms with Gasteiger partial charge in [-0.25, -0.2) is 4.98 Å². The predicted molar refractivity (Wildman–Crippen MR) is 138 cm³/mol. The van der Waals surface area contributed by atoms with E-state index in [1.165, 1.54) is 42.6 Å². The maximum atomic E-state index is 13.5. The summed E-state index contributed by atoms with van der Waals surface area (Å²) in [5, 5.41) is 19.4. The van der Waals surface area contributed by atoms with Gasteiger partial charge >= 0.3 is 12.1 Å². The zero-order valence-corrected chi connectivity index (χ0v) is 20.8. The van der Waals surface area contributed by atoms with E-state index < -0.39 is 46.9 Å². The number of aliphatic carboxylic acids is 1. The topological polar surface area (TPSA) is 146 Å². The molecule has 0 aliphatic carbocycles. The molecule has 40 heavy (non-hydrogen) atoms. The average molecular weight is 550 g/mol. The first-order valence-electron chi connectivity index (χ1n) is 11.9. The van der Waals surface area contributed by atoms with Crippen LogP contribution in [0.3, 0.4) is 0 Å². The number of carbonyl (C=O) groups excluding carboxylic acids is 2. The molecule has 1 atom stereocenters. The van der Waals surface area contributed by atoms with Gasteiger partial charge in [-0.1, -0.05) is 49.4 Å². The summed E-state index contributed by atoms with van der Waals surface area (Å²) in [5.74, 6) is -6.16. The number of hydrogen-bond acceptors (Lipinski definition) is 7. The number of carboxylic acids is 1. The SMILES string of the molecule is CC[C@H](C(=N)C(=O)c1ccc(-c2ccc(NC(=O)c3nc(-c4ccccc4)oc3C(F)(F)F)cn2)cc1)C(=O)O. The Balaban J connectivity index is 1.50. The van der Waals surface area contributed by atoms with E-state index in [1.54, 1.807) is 37.3 Å². The summed E-state index contributed by atoms with van der Waals surface area (Å²) in [4.78, 5) is 44.4. The number of oxazole rings is 1. The normalized spacial score (nSPS) is 12.0. The number of halogens is 3. The first kappa shape index (κ1) is 27.9. The molecule has 2 heterocycles. The highest BCUT2D eigenvalue weighted by atomic mass is 19.4. The molecule has 4 aromatic rings. The number of carboxylic acid groups (broad SMARTS) is 1. The van der Waals surface area contributed by atoms with Crippen molar-refractivity contribution in [2.45, 2.75) is 19.5 Å². The summed E-state index contributed by atoms with van der Waals surface area (Å²) < 4.78 is 45.5. The Morgan fingerprint density at radius 2 is 1.68 bits per heavy atom. The van der Waals surface area contributed by atoms with E-state index in [9.17, 15) is 32.7 Å². The molecular weight excluding hydrogens is 529 g/mol. The molecule has 0 saturated carbocycles. The first-order valence-corrected chi connectivity index (χ1v) is 11.9. The Morgan fingerprint density at radius 3 is 2.23 bits per heavy atom. The van der Waals surface area contributed by atoms with Crippen molar-refractivity contribution in [3.8, 4) is 22.7 Å². The lowest BCUT2D eigenvalue weighted by Gasteiger charge is -2.11. The molecule has 3 N–H and O–H groups in total. The number of hydrogen-bond donors (Lipinski definition) is 3. The Hall–Kier alpha value is -5.13. The molecule has 12 heteroatoms. The number of benzene rings is 2. The van der Waals surface area contributed by atoms with Gasteiger partial charge in [-0.15, -0.1) is 0 Å². The van der Waals surface area contributed by atoms with Gasteiger partial charge in [0.15, 0.2) is 5.69 Å². The molecule has 2 aromatic carbocycles. The molecule has 0 aliphatic heterocycles. The van der Waals surface area contributed by atoms with E-state index in [4.69, 9.17) is 9.83 Å². The van der Waals surface area contributed by atoms with Crippen molar-refractivity contribution in [2.75, 3.05) is 5.32 Å². The number of alkyl halides is 3. The Morgan fingerprint density at radius 1 is 1.00 bits per heavy atom. The number of nitrogens with one attached hydrogen (secondary N) is 2. The van der Waals surface area contributed by atoms with Crippen molar-refractivity contribution in [3.63, 3.8) is 0 Å². The van der Waals surface area contributed by atoms with Crippen LogP contribution in [0.4, 0.5) is 18.9 Å². The molecule has 9 nitrogen and oxygen atoms in total. The van der Waals surface area contributed by atoms with Crippen LogP contribution in [0.15, 0.2) is 77.3 Å². The third kappa shape index (κ3) is 5.96. The minimum Gasteiger partial charge on any atom is -0.481 e. The van der Waals surface area contributed by atoms with Crippen molar-refractivity contribution in [1.82, 2.24) is 9.97 Å². The third-order valence-corrected chi connectivity index (χ3v) is 5.88. The van der Waals surface area contributed by atoms with Crippen LogP contribution in [-0.2, 0) is 11.0 Å². The van der Waals surface area contributed by atoms with Gasteiger partial charge in [0.2, 0.25) is 17.4 Å². The molecule has 0 bridgehead atoms. The van der Waals surface area contributed by atoms with Crippen molar-refractivity contribution in [2.24, 2.45) is 5.92 Å². The highest BCUT2D eigenvalue weighted by Gasteiger charge is 2.42. The largest absolute Gasteiger partial charge is 0.481 e. The van der Waals surface area contributed by atoms with Crippen LogP contribution in [0.2, 0.25) is 0 Å². The summed E-state index contributed by atoms with van der Waals surface area (Å²) in [6.45, 7) is 1.57. The van der Waals surface area contributed by atoms with E-state index in [0.717, 1.165) is 0 Å². The first-order chi connectivity index (χ1) is 19.0. The summed E-state index contributed by atoms with van der Waals surface area (Å²) in [6, 6.07) is 16.8. The lowest BCUT2D eigenvalue weighted by molar-refractivity contribution is -0.153. The van der Waals surface area contributed by atoms with Gasteiger partial charge in [0.25, 0.3) is 5.91 Å². The van der Waals surface area contributed by atoms with E-state index in [0.29, 0.717) is 11.3 Å². The predicted octanol–water partition coefficient (Wildman–Crippen LogP) is 5.99. The molecule has 0 saturated heterocycles. The number of carbonyl (C=O) groups is 3. The van der Waals surface area contributed by atoms with Gasteiger partial charge in [-0.3, -0.25) is 19.4 Å². The molecule has 0 aliphatic rings. The molecule has 0 fully saturated rings. The van der Waals surface area contributed by atoms with Crippen LogP contribution in [0.5, 0.6) is 0 Å². The molecule has 0 unspecified atom stereocenters. The molecule has 1 amide bonds. The van der Waals surface area contributed by atoms with Crippen LogP contribution in [0, 0.1) is 11.3 Å². The van der Waals surface area contributed by atoms with Crippen LogP contribution >= 0.6 is 0 Å².